The molecule has 0 aliphatic carbocycles. The highest BCUT2D eigenvalue weighted by atomic mass is 32.2. The molecule has 1 N–H and O–H groups in total. The van der Waals surface area contributed by atoms with E-state index in [1.807, 2.05) is 38.1 Å². The molecule has 0 bridgehead atoms. The van der Waals surface area contributed by atoms with E-state index in [0.29, 0.717) is 12.0 Å². The number of ether oxygens (including phenoxy) is 1. The molecule has 0 atom stereocenters. The van der Waals surface area contributed by atoms with Gasteiger partial charge in [0.15, 0.2) is 0 Å². The number of carbonyl (C=O) groups excluding carboxylic acids is 1. The van der Waals surface area contributed by atoms with E-state index in [0.717, 1.165) is 5.56 Å². The van der Waals surface area contributed by atoms with Crippen LogP contribution in [0.5, 0.6) is 5.75 Å². The molecule has 0 amide bonds. The lowest BCUT2D eigenvalue weighted by molar-refractivity contribution is -0.137. The number of para-hydroxylation sites is 1. The number of hydrogen-bond acceptors (Lipinski definition) is 4. The van der Waals surface area contributed by atoms with Crippen molar-refractivity contribution in [2.45, 2.75) is 19.3 Å². The topological polar surface area (TPSA) is 80.7 Å². The molecule has 1 heterocycles. The zero-order chi connectivity index (χ0) is 13.3. The molecule has 0 aromatic heterocycles. The minimum Gasteiger partial charge on any atom is -0.426 e. The van der Waals surface area contributed by atoms with Crippen LogP contribution >= 0.6 is 0 Å². The van der Waals surface area contributed by atoms with Crippen molar-refractivity contribution in [1.82, 2.24) is 0 Å². The van der Waals surface area contributed by atoms with Crippen molar-refractivity contribution in [3.8, 4) is 5.75 Å². The fraction of sp³-hybridized carbons (Fsp3) is 0.364. The average molecular weight is 258 g/mol. The number of rotatable bonds is 0. The Labute approximate surface area is 100 Å². The fourth-order valence-electron chi connectivity index (χ4n) is 1.41. The normalized spacial score (nSPS) is 16.6. The van der Waals surface area contributed by atoms with Gasteiger partial charge in [0.2, 0.25) is 0 Å². The van der Waals surface area contributed by atoms with Gasteiger partial charge in [0, 0.05) is 5.56 Å². The highest BCUT2D eigenvalue weighted by molar-refractivity contribution is 7.85. The van der Waals surface area contributed by atoms with E-state index >= 15 is 0 Å². The zero-order valence-corrected chi connectivity index (χ0v) is 10.6. The summed E-state index contributed by atoms with van der Waals surface area (Å²) in [5, 5.41) is 0. The van der Waals surface area contributed by atoms with Gasteiger partial charge in [0.05, 0.1) is 11.7 Å². The molecule has 17 heavy (non-hydrogen) atoms. The van der Waals surface area contributed by atoms with Crippen molar-refractivity contribution in [2.24, 2.45) is 0 Å². The maximum absolute atomic E-state index is 11.3. The van der Waals surface area contributed by atoms with Crippen molar-refractivity contribution < 1.29 is 22.5 Å². The van der Waals surface area contributed by atoms with Gasteiger partial charge in [-0.15, -0.1) is 0 Å². The summed E-state index contributed by atoms with van der Waals surface area (Å²) >= 11 is 0. The van der Waals surface area contributed by atoms with Crippen LogP contribution in [0, 0.1) is 0 Å². The standard InChI is InChI=1S/C10H10O2.CH4O3S/c1-10(2)7-5-3-4-6-8(7)12-9(10)11;1-5(2,3)4/h3-6H,1-2H3;1H3,(H,2,3,4). The van der Waals surface area contributed by atoms with E-state index in [1.54, 1.807) is 0 Å². The van der Waals surface area contributed by atoms with Gasteiger partial charge in [0.25, 0.3) is 10.1 Å². The smallest absolute Gasteiger partial charge is 0.321 e. The summed E-state index contributed by atoms with van der Waals surface area (Å²) in [7, 11) is -3.67. The lowest BCUT2D eigenvalue weighted by Crippen LogP contribution is -2.25. The highest BCUT2D eigenvalue weighted by Crippen LogP contribution is 2.38. The van der Waals surface area contributed by atoms with E-state index < -0.39 is 15.5 Å². The molecule has 5 nitrogen and oxygen atoms in total. The second-order valence-electron chi connectivity index (χ2n) is 4.24. The molecule has 1 aromatic rings. The molecule has 0 saturated heterocycles. The number of hydrogen-bond donors (Lipinski definition) is 1. The van der Waals surface area contributed by atoms with Crippen LogP contribution in [0.2, 0.25) is 0 Å². The number of carbonyl (C=O) groups is 1. The van der Waals surface area contributed by atoms with Crippen molar-refractivity contribution in [1.29, 1.82) is 0 Å². The first-order chi connectivity index (χ1) is 7.62. The summed E-state index contributed by atoms with van der Waals surface area (Å²) in [6.45, 7) is 3.75. The second-order valence-corrected chi connectivity index (χ2v) is 5.71. The van der Waals surface area contributed by atoms with E-state index in [-0.39, 0.29) is 5.97 Å². The summed E-state index contributed by atoms with van der Waals surface area (Å²) in [4.78, 5) is 11.3. The first-order valence-electron chi connectivity index (χ1n) is 4.86. The SMILES string of the molecule is CC1(C)C(=O)Oc2ccccc21.CS(=O)(=O)O. The zero-order valence-electron chi connectivity index (χ0n) is 9.80. The van der Waals surface area contributed by atoms with E-state index in [9.17, 15) is 13.2 Å². The van der Waals surface area contributed by atoms with Crippen LogP contribution in [0.25, 0.3) is 0 Å². The number of esters is 1. The molecule has 0 unspecified atom stereocenters. The minimum atomic E-state index is -3.67. The third kappa shape index (κ3) is 3.54. The molecule has 1 aliphatic rings. The Bertz CT molecular complexity index is 523. The van der Waals surface area contributed by atoms with Crippen LogP contribution in [-0.2, 0) is 20.3 Å². The van der Waals surface area contributed by atoms with Crippen LogP contribution in [0.1, 0.15) is 19.4 Å². The number of fused-ring (bicyclic) bond motifs is 1. The van der Waals surface area contributed by atoms with Crippen LogP contribution in [0.15, 0.2) is 24.3 Å². The monoisotopic (exact) mass is 258 g/mol. The van der Waals surface area contributed by atoms with Crippen LogP contribution < -0.4 is 4.74 Å². The molecule has 94 valence electrons. The first-order valence-corrected chi connectivity index (χ1v) is 6.71. The molecule has 0 radical (unpaired) electrons. The predicted octanol–water partition coefficient (Wildman–Crippen LogP) is 1.39. The van der Waals surface area contributed by atoms with Crippen molar-refractivity contribution >= 4 is 16.1 Å². The van der Waals surface area contributed by atoms with Gasteiger partial charge in [-0.2, -0.15) is 8.42 Å². The molecule has 6 heteroatoms. The highest BCUT2D eigenvalue weighted by Gasteiger charge is 2.40. The average Bonchev–Trinajstić information content (AvgIpc) is 2.36. The molecule has 2 rings (SSSR count). The van der Waals surface area contributed by atoms with Crippen LogP contribution in [0.3, 0.4) is 0 Å². The molecule has 0 saturated carbocycles. The summed E-state index contributed by atoms with van der Waals surface area (Å²) in [5.74, 6) is 0.538. The van der Waals surface area contributed by atoms with Gasteiger partial charge in [-0.25, -0.2) is 0 Å². The Morgan fingerprint density at radius 2 is 1.71 bits per heavy atom. The molecule has 0 spiro atoms. The van der Waals surface area contributed by atoms with Gasteiger partial charge in [-0.3, -0.25) is 9.35 Å². The summed E-state index contributed by atoms with van der Waals surface area (Å²) in [6, 6.07) is 7.54. The summed E-state index contributed by atoms with van der Waals surface area (Å²) in [6.07, 6.45) is 0.715. The molecule has 1 aliphatic heterocycles. The Morgan fingerprint density at radius 3 is 2.18 bits per heavy atom. The third-order valence-electron chi connectivity index (χ3n) is 2.27. The van der Waals surface area contributed by atoms with Gasteiger partial charge < -0.3 is 4.74 Å². The quantitative estimate of drug-likeness (QED) is 0.432. The van der Waals surface area contributed by atoms with Crippen molar-refractivity contribution in [2.75, 3.05) is 6.26 Å². The van der Waals surface area contributed by atoms with E-state index in [4.69, 9.17) is 9.29 Å². The summed E-state index contributed by atoms with van der Waals surface area (Å²) in [5.41, 5.74) is 0.506. The lowest BCUT2D eigenvalue weighted by Gasteiger charge is -2.11. The largest absolute Gasteiger partial charge is 0.426 e. The molecule has 0 fully saturated rings. The Balaban J connectivity index is 0.000000249. The molecular formula is C11H14O5S. The first kappa shape index (κ1) is 13.7. The predicted molar refractivity (Wildman–Crippen MR) is 62.6 cm³/mol. The van der Waals surface area contributed by atoms with Gasteiger partial charge >= 0.3 is 5.97 Å². The lowest BCUT2D eigenvalue weighted by atomic mass is 9.86. The van der Waals surface area contributed by atoms with Crippen LogP contribution in [-0.4, -0.2) is 25.2 Å². The van der Waals surface area contributed by atoms with Gasteiger partial charge in [-0.1, -0.05) is 18.2 Å². The maximum Gasteiger partial charge on any atom is 0.321 e. The summed E-state index contributed by atoms with van der Waals surface area (Å²) < 4.78 is 31.0. The maximum atomic E-state index is 11.3. The Kier molecular flexibility index (Phi) is 3.59. The third-order valence-corrected chi connectivity index (χ3v) is 2.27. The van der Waals surface area contributed by atoms with Gasteiger partial charge in [0.1, 0.15) is 5.75 Å². The number of benzene rings is 1. The van der Waals surface area contributed by atoms with Crippen molar-refractivity contribution in [3.63, 3.8) is 0 Å². The van der Waals surface area contributed by atoms with Crippen molar-refractivity contribution in [3.05, 3.63) is 29.8 Å². The van der Waals surface area contributed by atoms with E-state index in [2.05, 4.69) is 0 Å². The van der Waals surface area contributed by atoms with E-state index in [1.165, 1.54) is 0 Å². The molecule has 1 aromatic carbocycles. The van der Waals surface area contributed by atoms with Crippen LogP contribution in [0.4, 0.5) is 0 Å². The second kappa shape index (κ2) is 4.46. The minimum absolute atomic E-state index is 0.163. The Hall–Kier alpha value is -1.40. The Morgan fingerprint density at radius 1 is 1.24 bits per heavy atom. The van der Waals surface area contributed by atoms with Gasteiger partial charge in [-0.05, 0) is 19.9 Å². The molecular weight excluding hydrogens is 244 g/mol. The fourth-order valence-corrected chi connectivity index (χ4v) is 1.41.